The summed E-state index contributed by atoms with van der Waals surface area (Å²) in [5.41, 5.74) is -0.367. The first-order valence-electron chi connectivity index (χ1n) is 7.04. The minimum absolute atomic E-state index is 0.337. The summed E-state index contributed by atoms with van der Waals surface area (Å²) in [4.78, 5) is 2.14. The Bertz CT molecular complexity index is 425. The third kappa shape index (κ3) is 4.21. The molecular formula is C15H20F3NO. The van der Waals surface area contributed by atoms with Crippen LogP contribution in [0, 0.1) is 0 Å². The highest BCUT2D eigenvalue weighted by molar-refractivity contribution is 5.27. The van der Waals surface area contributed by atoms with E-state index in [1.807, 2.05) is 0 Å². The van der Waals surface area contributed by atoms with E-state index >= 15 is 0 Å². The minimum Gasteiger partial charge on any atom is -0.387 e. The Morgan fingerprint density at radius 2 is 1.75 bits per heavy atom. The summed E-state index contributed by atoms with van der Waals surface area (Å²) in [6.07, 6.45) is -0.662. The molecule has 1 fully saturated rings. The van der Waals surface area contributed by atoms with Crippen molar-refractivity contribution in [1.29, 1.82) is 0 Å². The van der Waals surface area contributed by atoms with E-state index in [0.29, 0.717) is 12.1 Å². The van der Waals surface area contributed by atoms with E-state index < -0.39 is 17.8 Å². The molecule has 1 unspecified atom stereocenters. The molecule has 1 aliphatic heterocycles. The summed E-state index contributed by atoms with van der Waals surface area (Å²) >= 11 is 0. The van der Waals surface area contributed by atoms with Crippen LogP contribution >= 0.6 is 0 Å². The summed E-state index contributed by atoms with van der Waals surface area (Å²) in [6, 6.07) is 4.98. The Morgan fingerprint density at radius 3 is 2.35 bits per heavy atom. The van der Waals surface area contributed by atoms with Crippen LogP contribution in [0.3, 0.4) is 0 Å². The molecule has 5 heteroatoms. The van der Waals surface area contributed by atoms with Crippen molar-refractivity contribution in [2.45, 2.75) is 38.0 Å². The number of rotatable bonds is 3. The van der Waals surface area contributed by atoms with Crippen molar-refractivity contribution in [1.82, 2.24) is 4.90 Å². The molecule has 0 bridgehead atoms. The molecule has 1 aromatic carbocycles. The SMILES string of the molecule is OC(CN1CCCCCC1)c1cccc(C(F)(F)F)c1. The van der Waals surface area contributed by atoms with Gasteiger partial charge in [-0.25, -0.2) is 0 Å². The maximum atomic E-state index is 12.7. The molecule has 1 saturated heterocycles. The van der Waals surface area contributed by atoms with Crippen LogP contribution in [0.1, 0.15) is 42.9 Å². The highest BCUT2D eigenvalue weighted by Crippen LogP contribution is 2.31. The fourth-order valence-corrected chi connectivity index (χ4v) is 2.59. The topological polar surface area (TPSA) is 23.5 Å². The van der Waals surface area contributed by atoms with Crippen LogP contribution in [0.25, 0.3) is 0 Å². The van der Waals surface area contributed by atoms with E-state index in [9.17, 15) is 18.3 Å². The molecule has 20 heavy (non-hydrogen) atoms. The number of alkyl halides is 3. The highest BCUT2D eigenvalue weighted by Gasteiger charge is 2.31. The number of aliphatic hydroxyl groups excluding tert-OH is 1. The Kier molecular flexibility index (Phi) is 5.05. The van der Waals surface area contributed by atoms with E-state index in [0.717, 1.165) is 38.1 Å². The summed E-state index contributed by atoms with van der Waals surface area (Å²) in [7, 11) is 0. The molecular weight excluding hydrogens is 267 g/mol. The first kappa shape index (κ1) is 15.3. The molecule has 0 amide bonds. The second-order valence-corrected chi connectivity index (χ2v) is 5.35. The maximum absolute atomic E-state index is 12.7. The lowest BCUT2D eigenvalue weighted by molar-refractivity contribution is -0.137. The lowest BCUT2D eigenvalue weighted by atomic mass is 10.1. The van der Waals surface area contributed by atoms with E-state index in [2.05, 4.69) is 4.90 Å². The Labute approximate surface area is 117 Å². The number of likely N-dealkylation sites (tertiary alicyclic amines) is 1. The van der Waals surface area contributed by atoms with Crippen LogP contribution in [-0.2, 0) is 6.18 Å². The molecule has 2 rings (SSSR count). The van der Waals surface area contributed by atoms with Crippen LogP contribution in [0.5, 0.6) is 0 Å². The van der Waals surface area contributed by atoms with Gasteiger partial charge >= 0.3 is 6.18 Å². The van der Waals surface area contributed by atoms with Crippen molar-refractivity contribution in [3.63, 3.8) is 0 Å². The number of halogens is 3. The van der Waals surface area contributed by atoms with Gasteiger partial charge in [0.2, 0.25) is 0 Å². The zero-order chi connectivity index (χ0) is 14.6. The number of benzene rings is 1. The predicted octanol–water partition coefficient (Wildman–Crippen LogP) is 3.61. The van der Waals surface area contributed by atoms with Crippen LogP contribution in [-0.4, -0.2) is 29.6 Å². The van der Waals surface area contributed by atoms with Gasteiger partial charge in [-0.1, -0.05) is 25.0 Å². The summed E-state index contributed by atoms with van der Waals surface area (Å²) < 4.78 is 38.0. The first-order valence-corrected chi connectivity index (χ1v) is 7.04. The summed E-state index contributed by atoms with van der Waals surface area (Å²) in [5.74, 6) is 0. The van der Waals surface area contributed by atoms with Crippen LogP contribution in [0.2, 0.25) is 0 Å². The van der Waals surface area contributed by atoms with Gasteiger partial charge in [0.1, 0.15) is 0 Å². The fourth-order valence-electron chi connectivity index (χ4n) is 2.59. The van der Waals surface area contributed by atoms with Crippen LogP contribution in [0.4, 0.5) is 13.2 Å². The standard InChI is InChI=1S/C15H20F3NO/c16-15(17,18)13-7-5-6-12(10-13)14(20)11-19-8-3-1-2-4-9-19/h5-7,10,14,20H,1-4,8-9,11H2. The van der Waals surface area contributed by atoms with E-state index in [4.69, 9.17) is 0 Å². The number of hydrogen-bond acceptors (Lipinski definition) is 2. The smallest absolute Gasteiger partial charge is 0.387 e. The molecule has 0 aromatic heterocycles. The molecule has 112 valence electrons. The van der Waals surface area contributed by atoms with Gasteiger partial charge in [-0.15, -0.1) is 0 Å². The Morgan fingerprint density at radius 1 is 1.10 bits per heavy atom. The van der Waals surface area contributed by atoms with Gasteiger partial charge in [-0.3, -0.25) is 0 Å². The average Bonchev–Trinajstić information content (AvgIpc) is 2.66. The van der Waals surface area contributed by atoms with Crippen molar-refractivity contribution >= 4 is 0 Å². The Hall–Kier alpha value is -1.07. The monoisotopic (exact) mass is 287 g/mol. The van der Waals surface area contributed by atoms with Crippen LogP contribution in [0.15, 0.2) is 24.3 Å². The normalized spacial score (nSPS) is 19.6. The van der Waals surface area contributed by atoms with Crippen molar-refractivity contribution in [2.75, 3.05) is 19.6 Å². The van der Waals surface area contributed by atoms with Crippen LogP contribution < -0.4 is 0 Å². The molecule has 1 aliphatic rings. The molecule has 2 nitrogen and oxygen atoms in total. The predicted molar refractivity (Wildman–Crippen MR) is 71.3 cm³/mol. The molecule has 1 heterocycles. The van der Waals surface area contributed by atoms with E-state index in [-0.39, 0.29) is 0 Å². The number of β-amino-alcohol motifs (C(OH)–C–C–N with tert-alkyl or cyclic N) is 1. The zero-order valence-electron chi connectivity index (χ0n) is 11.4. The summed E-state index contributed by atoms with van der Waals surface area (Å²) in [6.45, 7) is 2.23. The van der Waals surface area contributed by atoms with Gasteiger partial charge in [0.25, 0.3) is 0 Å². The van der Waals surface area contributed by atoms with Gasteiger partial charge in [0.15, 0.2) is 0 Å². The minimum atomic E-state index is -4.36. The van der Waals surface area contributed by atoms with Crippen molar-refractivity contribution < 1.29 is 18.3 Å². The van der Waals surface area contributed by atoms with Gasteiger partial charge in [-0.05, 0) is 43.6 Å². The quantitative estimate of drug-likeness (QED) is 0.918. The zero-order valence-corrected chi connectivity index (χ0v) is 11.4. The second-order valence-electron chi connectivity index (χ2n) is 5.35. The molecule has 0 radical (unpaired) electrons. The third-order valence-corrected chi connectivity index (χ3v) is 3.73. The number of aliphatic hydroxyl groups is 1. The molecule has 1 atom stereocenters. The molecule has 0 saturated carbocycles. The van der Waals surface area contributed by atoms with Gasteiger partial charge in [0, 0.05) is 6.54 Å². The van der Waals surface area contributed by atoms with E-state index in [1.165, 1.54) is 18.9 Å². The van der Waals surface area contributed by atoms with Gasteiger partial charge < -0.3 is 10.0 Å². The van der Waals surface area contributed by atoms with Gasteiger partial charge in [0.05, 0.1) is 11.7 Å². The van der Waals surface area contributed by atoms with E-state index in [1.54, 1.807) is 6.07 Å². The number of hydrogen-bond donors (Lipinski definition) is 1. The second kappa shape index (κ2) is 6.59. The molecule has 0 spiro atoms. The Balaban J connectivity index is 2.03. The van der Waals surface area contributed by atoms with Crippen molar-refractivity contribution in [2.24, 2.45) is 0 Å². The largest absolute Gasteiger partial charge is 0.416 e. The maximum Gasteiger partial charge on any atom is 0.416 e. The van der Waals surface area contributed by atoms with Crippen molar-refractivity contribution in [3.8, 4) is 0 Å². The molecule has 0 aliphatic carbocycles. The average molecular weight is 287 g/mol. The first-order chi connectivity index (χ1) is 9.47. The molecule has 1 N–H and O–H groups in total. The summed E-state index contributed by atoms with van der Waals surface area (Å²) in [5, 5.41) is 10.1. The molecule has 1 aromatic rings. The fraction of sp³-hybridized carbons (Fsp3) is 0.600. The van der Waals surface area contributed by atoms with Crippen molar-refractivity contribution in [3.05, 3.63) is 35.4 Å². The lowest BCUT2D eigenvalue weighted by Gasteiger charge is -2.23. The highest BCUT2D eigenvalue weighted by atomic mass is 19.4. The lowest BCUT2D eigenvalue weighted by Crippen LogP contribution is -2.29. The third-order valence-electron chi connectivity index (χ3n) is 3.73. The van der Waals surface area contributed by atoms with Gasteiger partial charge in [-0.2, -0.15) is 13.2 Å². The number of nitrogens with zero attached hydrogens (tertiary/aromatic N) is 1.